The molecule has 2 aromatic rings. The Bertz CT molecular complexity index is 569. The number of aromatic nitrogens is 4. The number of hydrogen-bond donors (Lipinski definition) is 1. The summed E-state index contributed by atoms with van der Waals surface area (Å²) in [4.78, 5) is 12.5. The average Bonchev–Trinajstić information content (AvgIpc) is 2.86. The number of carbonyl (C=O) groups excluding carboxylic acids is 1. The largest absolute Gasteiger partial charge is 0.351 e. The quantitative estimate of drug-likeness (QED) is 0.832. The van der Waals surface area contributed by atoms with Gasteiger partial charge in [-0.25, -0.2) is 4.79 Å². The molecule has 1 aromatic heterocycles. The Balaban J connectivity index is 2.41. The fraction of sp³-hybridized carbons (Fsp3) is 0.200. The summed E-state index contributed by atoms with van der Waals surface area (Å²) >= 11 is 1.44. The van der Waals surface area contributed by atoms with Crippen LogP contribution in [0.5, 0.6) is 0 Å². The first kappa shape index (κ1) is 12.4. The van der Waals surface area contributed by atoms with Crippen LogP contribution in [0.15, 0.2) is 29.4 Å². The molecule has 18 heavy (non-hydrogen) atoms. The van der Waals surface area contributed by atoms with Crippen molar-refractivity contribution < 1.29 is 4.79 Å². The maximum Gasteiger partial charge on any atom is 0.318 e. The maximum absolute atomic E-state index is 11.1. The molecule has 0 unspecified atom stereocenters. The third-order valence-electron chi connectivity index (χ3n) is 2.42. The van der Waals surface area contributed by atoms with Crippen molar-refractivity contribution >= 4 is 23.5 Å². The van der Waals surface area contributed by atoms with E-state index < -0.39 is 6.03 Å². The van der Waals surface area contributed by atoms with Crippen LogP contribution >= 0.6 is 11.8 Å². The summed E-state index contributed by atoms with van der Waals surface area (Å²) in [6.07, 6.45) is 1.89. The van der Waals surface area contributed by atoms with Crippen LogP contribution in [-0.4, -0.2) is 39.5 Å². The molecule has 7 nitrogen and oxygen atoms in total. The second kappa shape index (κ2) is 5.05. The summed E-state index contributed by atoms with van der Waals surface area (Å²) in [5, 5.41) is 12.1. The molecule has 0 aliphatic carbocycles. The van der Waals surface area contributed by atoms with Gasteiger partial charge in [-0.1, -0.05) is 17.8 Å². The molecule has 1 heterocycles. The Labute approximate surface area is 108 Å². The third kappa shape index (κ3) is 2.28. The summed E-state index contributed by atoms with van der Waals surface area (Å²) in [7, 11) is 1.61. The van der Waals surface area contributed by atoms with E-state index >= 15 is 0 Å². The Morgan fingerprint density at radius 1 is 1.50 bits per heavy atom. The second-order valence-corrected chi connectivity index (χ2v) is 4.27. The normalized spacial score (nSPS) is 10.3. The van der Waals surface area contributed by atoms with Gasteiger partial charge in [0.2, 0.25) is 5.16 Å². The van der Waals surface area contributed by atoms with E-state index in [1.54, 1.807) is 23.9 Å². The van der Waals surface area contributed by atoms with E-state index in [1.807, 2.05) is 18.4 Å². The average molecular weight is 264 g/mol. The van der Waals surface area contributed by atoms with Crippen LogP contribution in [0.1, 0.15) is 0 Å². The van der Waals surface area contributed by atoms with Crippen molar-refractivity contribution in [3.63, 3.8) is 0 Å². The van der Waals surface area contributed by atoms with Crippen molar-refractivity contribution in [3.8, 4) is 5.69 Å². The van der Waals surface area contributed by atoms with Gasteiger partial charge in [0.1, 0.15) is 0 Å². The highest BCUT2D eigenvalue weighted by molar-refractivity contribution is 7.98. The number of carbonyl (C=O) groups is 1. The molecule has 0 spiro atoms. The SMILES string of the molecule is CSc1nnnn1-c1cccc(N(C)C(N)=O)c1. The number of anilines is 1. The molecule has 94 valence electrons. The van der Waals surface area contributed by atoms with Crippen LogP contribution in [0, 0.1) is 0 Å². The molecule has 2 rings (SSSR count). The van der Waals surface area contributed by atoms with E-state index in [4.69, 9.17) is 5.73 Å². The highest BCUT2D eigenvalue weighted by Gasteiger charge is 2.10. The van der Waals surface area contributed by atoms with Gasteiger partial charge in [0.05, 0.1) is 5.69 Å². The zero-order valence-electron chi connectivity index (χ0n) is 9.94. The first-order valence-corrected chi connectivity index (χ1v) is 6.32. The molecular formula is C10H12N6OS. The maximum atomic E-state index is 11.1. The lowest BCUT2D eigenvalue weighted by atomic mass is 10.2. The predicted octanol–water partition coefficient (Wildman–Crippen LogP) is 0.899. The zero-order chi connectivity index (χ0) is 13.1. The minimum Gasteiger partial charge on any atom is -0.351 e. The number of thioether (sulfide) groups is 1. The van der Waals surface area contributed by atoms with E-state index in [2.05, 4.69) is 15.5 Å². The molecule has 0 aliphatic heterocycles. The number of tetrazole rings is 1. The summed E-state index contributed by atoms with van der Waals surface area (Å²) in [5.41, 5.74) is 6.68. The van der Waals surface area contributed by atoms with Gasteiger partial charge >= 0.3 is 6.03 Å². The standard InChI is InChI=1S/C10H12N6OS/c1-15(9(11)17)7-4-3-5-8(6-7)16-10(18-2)12-13-14-16/h3-6H,1-2H3,(H2,11,17). The number of urea groups is 1. The van der Waals surface area contributed by atoms with Gasteiger partial charge in [-0.3, -0.25) is 4.90 Å². The Morgan fingerprint density at radius 2 is 2.28 bits per heavy atom. The highest BCUT2D eigenvalue weighted by Crippen LogP contribution is 2.20. The Hall–Kier alpha value is -2.09. The van der Waals surface area contributed by atoms with Crippen molar-refractivity contribution in [1.82, 2.24) is 20.2 Å². The summed E-state index contributed by atoms with van der Waals surface area (Å²) in [5.74, 6) is 0. The van der Waals surface area contributed by atoms with Gasteiger partial charge in [0.25, 0.3) is 0 Å². The highest BCUT2D eigenvalue weighted by atomic mass is 32.2. The Morgan fingerprint density at radius 3 is 2.94 bits per heavy atom. The monoisotopic (exact) mass is 264 g/mol. The number of primary amides is 1. The van der Waals surface area contributed by atoms with Crippen LogP contribution in [0.3, 0.4) is 0 Å². The van der Waals surface area contributed by atoms with Crippen LogP contribution in [-0.2, 0) is 0 Å². The lowest BCUT2D eigenvalue weighted by Crippen LogP contribution is -2.31. The van der Waals surface area contributed by atoms with Gasteiger partial charge in [-0.05, 0) is 34.9 Å². The minimum atomic E-state index is -0.519. The van der Waals surface area contributed by atoms with Gasteiger partial charge in [0.15, 0.2) is 0 Å². The van der Waals surface area contributed by atoms with E-state index in [9.17, 15) is 4.79 Å². The van der Waals surface area contributed by atoms with Crippen molar-refractivity contribution in [2.24, 2.45) is 5.73 Å². The molecular weight excluding hydrogens is 252 g/mol. The number of rotatable bonds is 3. The van der Waals surface area contributed by atoms with Crippen molar-refractivity contribution in [2.75, 3.05) is 18.2 Å². The Kier molecular flexibility index (Phi) is 3.47. The van der Waals surface area contributed by atoms with Crippen LogP contribution in [0.2, 0.25) is 0 Å². The van der Waals surface area contributed by atoms with E-state index in [-0.39, 0.29) is 0 Å². The van der Waals surface area contributed by atoms with Crippen LogP contribution in [0.25, 0.3) is 5.69 Å². The smallest absolute Gasteiger partial charge is 0.318 e. The molecule has 0 saturated heterocycles. The van der Waals surface area contributed by atoms with Gasteiger partial charge in [-0.2, -0.15) is 4.68 Å². The second-order valence-electron chi connectivity index (χ2n) is 3.49. The topological polar surface area (TPSA) is 89.9 Å². The van der Waals surface area contributed by atoms with Crippen LogP contribution in [0.4, 0.5) is 10.5 Å². The molecule has 0 aliphatic rings. The number of hydrogen-bond acceptors (Lipinski definition) is 5. The molecule has 2 amide bonds. The summed E-state index contributed by atoms with van der Waals surface area (Å²) in [6, 6.07) is 6.73. The van der Waals surface area contributed by atoms with Crippen molar-refractivity contribution in [1.29, 1.82) is 0 Å². The molecule has 1 aromatic carbocycles. The number of nitrogens with zero attached hydrogens (tertiary/aromatic N) is 5. The molecule has 8 heteroatoms. The fourth-order valence-corrected chi connectivity index (χ4v) is 1.86. The first-order chi connectivity index (χ1) is 8.63. The van der Waals surface area contributed by atoms with Crippen molar-refractivity contribution in [2.45, 2.75) is 5.16 Å². The number of amides is 2. The molecule has 0 bridgehead atoms. The van der Waals surface area contributed by atoms with E-state index in [0.29, 0.717) is 10.8 Å². The first-order valence-electron chi connectivity index (χ1n) is 5.09. The fourth-order valence-electron chi connectivity index (χ4n) is 1.43. The third-order valence-corrected chi connectivity index (χ3v) is 3.04. The van der Waals surface area contributed by atoms with Gasteiger partial charge in [-0.15, -0.1) is 5.10 Å². The molecule has 0 saturated carbocycles. The molecule has 0 atom stereocenters. The van der Waals surface area contributed by atoms with Crippen LogP contribution < -0.4 is 10.6 Å². The minimum absolute atomic E-state index is 0.519. The molecule has 0 fully saturated rings. The molecule has 0 radical (unpaired) electrons. The van der Waals surface area contributed by atoms with E-state index in [1.165, 1.54) is 16.7 Å². The van der Waals surface area contributed by atoms with E-state index in [0.717, 1.165) is 5.69 Å². The lowest BCUT2D eigenvalue weighted by molar-refractivity contribution is 0.255. The van der Waals surface area contributed by atoms with Gasteiger partial charge in [0, 0.05) is 12.7 Å². The predicted molar refractivity (Wildman–Crippen MR) is 68.9 cm³/mol. The van der Waals surface area contributed by atoms with Gasteiger partial charge < -0.3 is 5.73 Å². The van der Waals surface area contributed by atoms with Crippen molar-refractivity contribution in [3.05, 3.63) is 24.3 Å². The molecule has 2 N–H and O–H groups in total. The zero-order valence-corrected chi connectivity index (χ0v) is 10.8. The summed E-state index contributed by atoms with van der Waals surface area (Å²) in [6.45, 7) is 0. The number of nitrogens with two attached hydrogens (primary N) is 1. The lowest BCUT2D eigenvalue weighted by Gasteiger charge is -2.15. The summed E-state index contributed by atoms with van der Waals surface area (Å²) < 4.78 is 1.60. The number of benzene rings is 1.